The fourth-order valence-corrected chi connectivity index (χ4v) is 5.43. The van der Waals surface area contributed by atoms with Crippen LogP contribution in [0.1, 0.15) is 12.0 Å². The summed E-state index contributed by atoms with van der Waals surface area (Å²) >= 11 is 0. The molecule has 2 fully saturated rings. The maximum absolute atomic E-state index is 13.4. The normalized spacial score (nSPS) is 33.9. The fourth-order valence-electron chi connectivity index (χ4n) is 5.43. The first-order valence-electron chi connectivity index (χ1n) is 8.88. The molecular weight excluding hydrogens is 340 g/mol. The molecule has 1 aliphatic carbocycles. The highest BCUT2D eigenvalue weighted by atomic mass is 16.2. The Morgan fingerprint density at radius 2 is 1.96 bits per heavy atom. The van der Waals surface area contributed by atoms with Crippen molar-refractivity contribution in [2.45, 2.75) is 11.8 Å². The Balaban J connectivity index is 2.10. The van der Waals surface area contributed by atoms with E-state index < -0.39 is 28.6 Å². The molecule has 0 aromatic heterocycles. The lowest BCUT2D eigenvalue weighted by Gasteiger charge is -2.55. The summed E-state index contributed by atoms with van der Waals surface area (Å²) in [4.78, 5) is 15.5. The molecule has 0 radical (unpaired) electrons. The molecule has 1 saturated carbocycles. The second kappa shape index (κ2) is 5.64. The highest BCUT2D eigenvalue weighted by Crippen LogP contribution is 2.62. The van der Waals surface area contributed by atoms with Crippen LogP contribution >= 0.6 is 0 Å². The van der Waals surface area contributed by atoms with Gasteiger partial charge in [0.05, 0.1) is 29.8 Å². The van der Waals surface area contributed by atoms with Crippen molar-refractivity contribution in [3.63, 3.8) is 0 Å². The summed E-state index contributed by atoms with van der Waals surface area (Å²) in [6, 6.07) is 13.3. The number of amides is 1. The lowest BCUT2D eigenvalue weighted by atomic mass is 9.43. The number of hydrogen-bond donors (Lipinski definition) is 2. The lowest BCUT2D eigenvalue weighted by Crippen LogP contribution is -2.68. The van der Waals surface area contributed by atoms with E-state index in [9.17, 15) is 20.6 Å². The van der Waals surface area contributed by atoms with Crippen LogP contribution in [0, 0.1) is 62.6 Å². The quantitative estimate of drug-likeness (QED) is 0.729. The van der Waals surface area contributed by atoms with E-state index in [1.807, 2.05) is 19.2 Å². The molecule has 2 heterocycles. The van der Waals surface area contributed by atoms with Gasteiger partial charge in [0.1, 0.15) is 5.41 Å². The number of likely N-dealkylation sites (tertiary alicyclic amines) is 1. The van der Waals surface area contributed by atoms with E-state index in [0.29, 0.717) is 24.2 Å². The van der Waals surface area contributed by atoms with Gasteiger partial charge in [0.15, 0.2) is 0 Å². The van der Waals surface area contributed by atoms with Crippen LogP contribution in [-0.4, -0.2) is 36.7 Å². The first-order chi connectivity index (χ1) is 13.0. The first kappa shape index (κ1) is 17.2. The summed E-state index contributed by atoms with van der Waals surface area (Å²) in [5, 5.41) is 41.6. The molecule has 7 heteroatoms. The number of nitrogens with one attached hydrogen (secondary N) is 2. The number of benzene rings is 1. The van der Waals surface area contributed by atoms with Gasteiger partial charge in [-0.05, 0) is 43.5 Å². The number of rotatable bonds is 0. The van der Waals surface area contributed by atoms with E-state index in [4.69, 9.17) is 5.41 Å². The van der Waals surface area contributed by atoms with Crippen molar-refractivity contribution < 1.29 is 4.79 Å². The molecule has 2 aliphatic heterocycles. The van der Waals surface area contributed by atoms with Gasteiger partial charge >= 0.3 is 0 Å². The average molecular weight is 358 g/mol. The number of anilines is 1. The summed E-state index contributed by atoms with van der Waals surface area (Å²) in [5.74, 6) is -1.91. The van der Waals surface area contributed by atoms with Crippen LogP contribution in [0.3, 0.4) is 0 Å². The zero-order chi connectivity index (χ0) is 19.4. The number of nitriles is 3. The molecule has 1 unspecified atom stereocenters. The predicted molar refractivity (Wildman–Crippen MR) is 96.3 cm³/mol. The van der Waals surface area contributed by atoms with Crippen molar-refractivity contribution in [3.8, 4) is 18.2 Å². The largest absolute Gasteiger partial charge is 0.325 e. The Kier molecular flexibility index (Phi) is 3.60. The highest BCUT2D eigenvalue weighted by Gasteiger charge is 2.74. The van der Waals surface area contributed by atoms with Gasteiger partial charge in [-0.15, -0.1) is 0 Å². The van der Waals surface area contributed by atoms with E-state index >= 15 is 0 Å². The molecule has 1 aromatic rings. The van der Waals surface area contributed by atoms with Gasteiger partial charge in [0.25, 0.3) is 0 Å². The standard InChI is InChI=1S/C20H18N6O/c1-26-7-6-12-13(8-21)17(24)19(10-22,11-23)20(15(12)9-26)14-4-2-3-5-16(14)25-18(20)27/h2-5,12-13,15,24H,6-7,9H2,1H3,(H,25,27)/t12-,13?,15-,20-/m1/s1. The van der Waals surface area contributed by atoms with Crippen LogP contribution in [0.4, 0.5) is 5.69 Å². The Labute approximate surface area is 157 Å². The Bertz CT molecular complexity index is 965. The maximum atomic E-state index is 13.4. The molecular formula is C20H18N6O. The Morgan fingerprint density at radius 3 is 2.63 bits per heavy atom. The van der Waals surface area contributed by atoms with Crippen molar-refractivity contribution in [2.24, 2.45) is 23.2 Å². The van der Waals surface area contributed by atoms with Gasteiger partial charge in [-0.1, -0.05) is 18.2 Å². The van der Waals surface area contributed by atoms with E-state index in [1.165, 1.54) is 0 Å². The average Bonchev–Trinajstić information content (AvgIpc) is 2.97. The van der Waals surface area contributed by atoms with Gasteiger partial charge in [0.2, 0.25) is 11.3 Å². The van der Waals surface area contributed by atoms with Crippen LogP contribution in [0.25, 0.3) is 0 Å². The summed E-state index contributed by atoms with van der Waals surface area (Å²) < 4.78 is 0. The zero-order valence-electron chi connectivity index (χ0n) is 14.9. The summed E-state index contributed by atoms with van der Waals surface area (Å²) in [5.41, 5.74) is -2.58. The van der Waals surface area contributed by atoms with Crippen molar-refractivity contribution in [3.05, 3.63) is 29.8 Å². The second-order valence-corrected chi connectivity index (χ2v) is 7.62. The molecule has 7 nitrogen and oxygen atoms in total. The van der Waals surface area contributed by atoms with Gasteiger partial charge in [-0.2, -0.15) is 15.8 Å². The topological polar surface area (TPSA) is 128 Å². The van der Waals surface area contributed by atoms with E-state index in [2.05, 4.69) is 16.3 Å². The summed E-state index contributed by atoms with van der Waals surface area (Å²) in [7, 11) is 1.93. The third-order valence-electron chi connectivity index (χ3n) is 6.59. The number of nitrogens with zero attached hydrogens (tertiary/aromatic N) is 4. The van der Waals surface area contributed by atoms with Gasteiger partial charge in [-0.25, -0.2) is 0 Å². The van der Waals surface area contributed by atoms with Crippen molar-refractivity contribution in [1.82, 2.24) is 4.90 Å². The minimum Gasteiger partial charge on any atom is -0.325 e. The third-order valence-corrected chi connectivity index (χ3v) is 6.59. The Hall–Kier alpha value is -3.21. The van der Waals surface area contributed by atoms with Crippen LogP contribution in [0.2, 0.25) is 0 Å². The maximum Gasteiger partial charge on any atom is 0.238 e. The lowest BCUT2D eigenvalue weighted by molar-refractivity contribution is -0.128. The molecule has 2 N–H and O–H groups in total. The van der Waals surface area contributed by atoms with Crippen LogP contribution in [0.15, 0.2) is 24.3 Å². The molecule has 1 amide bonds. The molecule has 0 bridgehead atoms. The minimum atomic E-state index is -2.01. The fraction of sp³-hybridized carbons (Fsp3) is 0.450. The van der Waals surface area contributed by atoms with Gasteiger partial charge in [0, 0.05) is 12.2 Å². The number of piperidine rings is 1. The molecule has 1 spiro atoms. The molecule has 4 rings (SSSR count). The van der Waals surface area contributed by atoms with Crippen molar-refractivity contribution in [2.75, 3.05) is 25.5 Å². The number of fused-ring (bicyclic) bond motifs is 4. The van der Waals surface area contributed by atoms with Crippen molar-refractivity contribution in [1.29, 1.82) is 21.2 Å². The number of carbonyl (C=O) groups is 1. The van der Waals surface area contributed by atoms with Gasteiger partial charge < -0.3 is 15.6 Å². The van der Waals surface area contributed by atoms with Crippen molar-refractivity contribution >= 4 is 17.3 Å². The van der Waals surface area contributed by atoms with Crippen LogP contribution < -0.4 is 5.32 Å². The van der Waals surface area contributed by atoms with E-state index in [0.717, 1.165) is 6.54 Å². The number of para-hydroxylation sites is 1. The van der Waals surface area contributed by atoms with Gasteiger partial charge in [-0.3, -0.25) is 4.79 Å². The number of carbonyl (C=O) groups excluding carboxylic acids is 1. The predicted octanol–water partition coefficient (Wildman–Crippen LogP) is 1.65. The summed E-state index contributed by atoms with van der Waals surface area (Å²) in [6.45, 7) is 1.24. The molecule has 1 saturated heterocycles. The third kappa shape index (κ3) is 1.81. The monoisotopic (exact) mass is 358 g/mol. The van der Waals surface area contributed by atoms with E-state index in [-0.39, 0.29) is 11.6 Å². The second-order valence-electron chi connectivity index (χ2n) is 7.62. The summed E-state index contributed by atoms with van der Waals surface area (Å²) in [6.07, 6.45) is 0.645. The highest BCUT2D eigenvalue weighted by molar-refractivity contribution is 6.15. The van der Waals surface area contributed by atoms with Crippen LogP contribution in [-0.2, 0) is 10.2 Å². The number of hydrogen-bond acceptors (Lipinski definition) is 6. The Morgan fingerprint density at radius 1 is 1.26 bits per heavy atom. The van der Waals surface area contributed by atoms with Crippen LogP contribution in [0.5, 0.6) is 0 Å². The van der Waals surface area contributed by atoms with E-state index in [1.54, 1.807) is 24.3 Å². The molecule has 134 valence electrons. The molecule has 4 atom stereocenters. The SMILES string of the molecule is CN1CC[C@@H]2C(C#N)C(=N)C(C#N)(C#N)[C@@]3(C(=O)Nc4ccccc43)[C@@H]2C1. The minimum absolute atomic E-state index is 0.243. The zero-order valence-corrected chi connectivity index (χ0v) is 14.9. The first-order valence-corrected chi connectivity index (χ1v) is 8.88. The molecule has 27 heavy (non-hydrogen) atoms. The molecule has 1 aromatic carbocycles. The molecule has 3 aliphatic rings. The smallest absolute Gasteiger partial charge is 0.238 e.